The van der Waals surface area contributed by atoms with Crippen LogP contribution < -0.4 is 10.6 Å². The van der Waals surface area contributed by atoms with Gasteiger partial charge in [0.1, 0.15) is 0 Å². The molecule has 0 saturated carbocycles. The van der Waals surface area contributed by atoms with E-state index in [-0.39, 0.29) is 36.0 Å². The van der Waals surface area contributed by atoms with Gasteiger partial charge >= 0.3 is 0 Å². The lowest BCUT2D eigenvalue weighted by molar-refractivity contribution is -0.117. The number of rotatable bonds is 1. The molecular formula is C8H8ClFN4O. The van der Waals surface area contributed by atoms with E-state index in [1.807, 2.05) is 0 Å². The summed E-state index contributed by atoms with van der Waals surface area (Å²) in [4.78, 5) is 19.7. The molecular weight excluding hydrogens is 223 g/mol. The maximum absolute atomic E-state index is 13.3. The Balaban J connectivity index is 2.37. The van der Waals surface area contributed by atoms with Crippen LogP contribution in [0, 0.1) is 5.82 Å². The van der Waals surface area contributed by atoms with Crippen LogP contribution in [0.5, 0.6) is 0 Å². The third kappa shape index (κ3) is 1.91. The van der Waals surface area contributed by atoms with Crippen LogP contribution in [0.25, 0.3) is 0 Å². The molecule has 1 aromatic heterocycles. The van der Waals surface area contributed by atoms with Gasteiger partial charge in [0.15, 0.2) is 11.6 Å². The summed E-state index contributed by atoms with van der Waals surface area (Å²) < 4.78 is 13.3. The molecule has 15 heavy (non-hydrogen) atoms. The summed E-state index contributed by atoms with van der Waals surface area (Å²) in [5, 5.41) is -0.0975. The summed E-state index contributed by atoms with van der Waals surface area (Å²) in [6.07, 6.45) is 1.13. The number of hydrogen-bond donors (Lipinski definition) is 1. The molecule has 1 amide bonds. The van der Waals surface area contributed by atoms with E-state index in [1.165, 1.54) is 4.90 Å². The van der Waals surface area contributed by atoms with Crippen LogP contribution in [-0.4, -0.2) is 28.5 Å². The average molecular weight is 231 g/mol. The Bertz CT molecular complexity index is 414. The van der Waals surface area contributed by atoms with Crippen molar-refractivity contribution < 1.29 is 9.18 Å². The van der Waals surface area contributed by atoms with Gasteiger partial charge in [0, 0.05) is 19.0 Å². The predicted molar refractivity (Wildman–Crippen MR) is 51.9 cm³/mol. The molecule has 0 aromatic carbocycles. The van der Waals surface area contributed by atoms with Crippen molar-refractivity contribution in [3.05, 3.63) is 17.3 Å². The normalized spacial score (nSPS) is 21.1. The van der Waals surface area contributed by atoms with Gasteiger partial charge in [0.05, 0.1) is 6.20 Å². The molecule has 1 fully saturated rings. The Labute approximate surface area is 90.1 Å². The number of nitrogens with two attached hydrogens (primary N) is 1. The van der Waals surface area contributed by atoms with Gasteiger partial charge in [0.25, 0.3) is 0 Å². The summed E-state index contributed by atoms with van der Waals surface area (Å²) >= 11 is 5.52. The minimum Gasteiger partial charge on any atom is -0.326 e. The number of carbonyl (C=O) groups excluding carboxylic acids is 1. The SMILES string of the molecule is NC1CC(=O)N(c2nc(Cl)ncc2F)C1. The van der Waals surface area contributed by atoms with Gasteiger partial charge in [-0.25, -0.2) is 9.37 Å². The molecule has 1 aliphatic heterocycles. The molecule has 2 heterocycles. The molecule has 7 heteroatoms. The summed E-state index contributed by atoms with van der Waals surface area (Å²) in [6.45, 7) is 0.253. The molecule has 2 N–H and O–H groups in total. The van der Waals surface area contributed by atoms with Crippen LogP contribution in [0.4, 0.5) is 10.2 Å². The Morgan fingerprint density at radius 2 is 2.40 bits per heavy atom. The Kier molecular flexibility index (Phi) is 2.54. The monoisotopic (exact) mass is 230 g/mol. The molecule has 1 saturated heterocycles. The van der Waals surface area contributed by atoms with E-state index in [4.69, 9.17) is 17.3 Å². The van der Waals surface area contributed by atoms with Crippen molar-refractivity contribution in [1.82, 2.24) is 9.97 Å². The van der Waals surface area contributed by atoms with Crippen molar-refractivity contribution in [3.8, 4) is 0 Å². The number of anilines is 1. The third-order valence-corrected chi connectivity index (χ3v) is 2.29. The lowest BCUT2D eigenvalue weighted by Crippen LogP contribution is -2.29. The van der Waals surface area contributed by atoms with E-state index in [9.17, 15) is 9.18 Å². The zero-order valence-electron chi connectivity index (χ0n) is 7.65. The third-order valence-electron chi connectivity index (χ3n) is 2.11. The van der Waals surface area contributed by atoms with Crippen LogP contribution in [0.1, 0.15) is 6.42 Å². The van der Waals surface area contributed by atoms with Gasteiger partial charge in [-0.15, -0.1) is 0 Å². The van der Waals surface area contributed by atoms with Crippen molar-refractivity contribution in [2.75, 3.05) is 11.4 Å². The second kappa shape index (κ2) is 3.71. The molecule has 1 aromatic rings. The van der Waals surface area contributed by atoms with Crippen LogP contribution in [0.15, 0.2) is 6.20 Å². The predicted octanol–water partition coefficient (Wildman–Crippen LogP) is 0.333. The van der Waals surface area contributed by atoms with Crippen molar-refractivity contribution in [1.29, 1.82) is 0 Å². The Hall–Kier alpha value is -1.27. The fraction of sp³-hybridized carbons (Fsp3) is 0.375. The standard InChI is InChI=1S/C8H8ClFN4O/c9-8-12-2-5(10)7(13-8)14-3-4(11)1-6(14)15/h2,4H,1,3,11H2. The summed E-state index contributed by atoms with van der Waals surface area (Å²) in [6, 6.07) is -0.286. The second-order valence-corrected chi connectivity index (χ2v) is 3.62. The Morgan fingerprint density at radius 1 is 1.67 bits per heavy atom. The van der Waals surface area contributed by atoms with E-state index in [0.717, 1.165) is 6.20 Å². The quantitative estimate of drug-likeness (QED) is 0.706. The molecule has 0 radical (unpaired) electrons. The zero-order chi connectivity index (χ0) is 11.0. The van der Waals surface area contributed by atoms with E-state index < -0.39 is 5.82 Å². The van der Waals surface area contributed by atoms with E-state index in [1.54, 1.807) is 0 Å². The molecule has 80 valence electrons. The van der Waals surface area contributed by atoms with Crippen molar-refractivity contribution in [3.63, 3.8) is 0 Å². The van der Waals surface area contributed by atoms with E-state index in [2.05, 4.69) is 9.97 Å². The summed E-state index contributed by atoms with van der Waals surface area (Å²) in [5.74, 6) is -1.04. The first-order valence-corrected chi connectivity index (χ1v) is 4.69. The number of hydrogen-bond acceptors (Lipinski definition) is 4. The van der Waals surface area contributed by atoms with Gasteiger partial charge < -0.3 is 5.73 Å². The lowest BCUT2D eigenvalue weighted by atomic mass is 10.3. The van der Waals surface area contributed by atoms with Gasteiger partial charge in [-0.3, -0.25) is 9.69 Å². The van der Waals surface area contributed by atoms with Crippen LogP contribution in [0.2, 0.25) is 5.28 Å². The number of carbonyl (C=O) groups is 1. The van der Waals surface area contributed by atoms with Crippen LogP contribution >= 0.6 is 11.6 Å². The smallest absolute Gasteiger partial charge is 0.229 e. The molecule has 2 rings (SSSR count). The molecule has 1 atom stereocenters. The highest BCUT2D eigenvalue weighted by Crippen LogP contribution is 2.22. The lowest BCUT2D eigenvalue weighted by Gasteiger charge is -2.14. The van der Waals surface area contributed by atoms with E-state index in [0.29, 0.717) is 0 Å². The minimum absolute atomic E-state index is 0.0975. The molecule has 5 nitrogen and oxygen atoms in total. The van der Waals surface area contributed by atoms with Gasteiger partial charge in [-0.05, 0) is 11.6 Å². The van der Waals surface area contributed by atoms with Crippen LogP contribution in [-0.2, 0) is 4.79 Å². The highest BCUT2D eigenvalue weighted by atomic mass is 35.5. The fourth-order valence-electron chi connectivity index (χ4n) is 1.47. The van der Waals surface area contributed by atoms with Crippen LogP contribution in [0.3, 0.4) is 0 Å². The van der Waals surface area contributed by atoms with Gasteiger partial charge in [-0.2, -0.15) is 4.98 Å². The highest BCUT2D eigenvalue weighted by Gasteiger charge is 2.31. The van der Waals surface area contributed by atoms with Gasteiger partial charge in [-0.1, -0.05) is 0 Å². The first-order valence-electron chi connectivity index (χ1n) is 4.32. The fourth-order valence-corrected chi connectivity index (χ4v) is 1.60. The number of halogens is 2. The molecule has 1 aliphatic rings. The van der Waals surface area contributed by atoms with Gasteiger partial charge in [0.2, 0.25) is 11.2 Å². The van der Waals surface area contributed by atoms with Crippen molar-refractivity contribution in [2.24, 2.45) is 5.73 Å². The first kappa shape index (κ1) is 10.3. The number of nitrogens with zero attached hydrogens (tertiary/aromatic N) is 3. The molecule has 1 unspecified atom stereocenters. The molecule has 0 bridgehead atoms. The second-order valence-electron chi connectivity index (χ2n) is 3.28. The van der Waals surface area contributed by atoms with Crippen molar-refractivity contribution >= 4 is 23.3 Å². The number of aromatic nitrogens is 2. The largest absolute Gasteiger partial charge is 0.326 e. The Morgan fingerprint density at radius 3 is 3.00 bits per heavy atom. The van der Waals surface area contributed by atoms with Crippen molar-refractivity contribution in [2.45, 2.75) is 12.5 Å². The summed E-state index contributed by atoms with van der Waals surface area (Å²) in [5.41, 5.74) is 5.58. The van der Waals surface area contributed by atoms with E-state index >= 15 is 0 Å². The summed E-state index contributed by atoms with van der Waals surface area (Å²) in [7, 11) is 0. The zero-order valence-corrected chi connectivity index (χ0v) is 8.41. The topological polar surface area (TPSA) is 72.1 Å². The highest BCUT2D eigenvalue weighted by molar-refractivity contribution is 6.28. The maximum Gasteiger partial charge on any atom is 0.229 e. The number of amides is 1. The first-order chi connectivity index (χ1) is 7.08. The minimum atomic E-state index is -0.679. The maximum atomic E-state index is 13.3. The molecule has 0 spiro atoms. The average Bonchev–Trinajstić information content (AvgIpc) is 2.50. The molecule has 0 aliphatic carbocycles.